The van der Waals surface area contributed by atoms with Gasteiger partial charge in [-0.3, -0.25) is 9.89 Å². The Balaban J connectivity index is 2.57. The Morgan fingerprint density at radius 3 is 3.00 bits per heavy atom. The fraction of sp³-hybridized carbons (Fsp3) is 0. The van der Waals surface area contributed by atoms with Gasteiger partial charge in [0, 0.05) is 6.08 Å². The van der Waals surface area contributed by atoms with Gasteiger partial charge in [-0.1, -0.05) is 0 Å². The second-order valence-corrected chi connectivity index (χ2v) is 2.83. The third-order valence-corrected chi connectivity index (χ3v) is 1.82. The molecule has 5 N–H and O–H groups in total. The topological polar surface area (TPSA) is 124 Å². The zero-order valence-electron chi connectivity index (χ0n) is 7.64. The Kier molecular flexibility index (Phi) is 2.05. The number of rotatable bonds is 2. The average Bonchev–Trinajstić information content (AvgIpc) is 2.59. The molecule has 15 heavy (non-hydrogen) atoms. The molecule has 2 rings (SSSR count). The number of primary amides is 1. The van der Waals surface area contributed by atoms with E-state index in [1.807, 2.05) is 0 Å². The number of amides is 1. The summed E-state index contributed by atoms with van der Waals surface area (Å²) in [5, 5.41) is 7.16. The maximum atomic E-state index is 10.6. The first-order valence-corrected chi connectivity index (χ1v) is 4.10. The fourth-order valence-corrected chi connectivity index (χ4v) is 1.19. The van der Waals surface area contributed by atoms with Crippen molar-refractivity contribution in [2.24, 2.45) is 5.73 Å². The SMILES string of the molecule is NC(=O)C=Cc1[nH]nc2ncnc(N)c12. The predicted octanol–water partition coefficient (Wildman–Crippen LogP) is -0.566. The second-order valence-electron chi connectivity index (χ2n) is 2.83. The lowest BCUT2D eigenvalue weighted by Gasteiger charge is -1.93. The number of fused-ring (bicyclic) bond motifs is 1. The molecule has 0 unspecified atom stereocenters. The summed E-state index contributed by atoms with van der Waals surface area (Å²) in [6, 6.07) is 0. The monoisotopic (exact) mass is 204 g/mol. The van der Waals surface area contributed by atoms with Crippen LogP contribution in [0.15, 0.2) is 12.4 Å². The average molecular weight is 204 g/mol. The maximum absolute atomic E-state index is 10.6. The summed E-state index contributed by atoms with van der Waals surface area (Å²) >= 11 is 0. The van der Waals surface area contributed by atoms with Crippen molar-refractivity contribution in [2.75, 3.05) is 5.73 Å². The highest BCUT2D eigenvalue weighted by molar-refractivity contribution is 5.96. The van der Waals surface area contributed by atoms with E-state index in [1.54, 1.807) is 0 Å². The predicted molar refractivity (Wildman–Crippen MR) is 54.3 cm³/mol. The molecule has 0 atom stereocenters. The number of carbonyl (C=O) groups is 1. The van der Waals surface area contributed by atoms with Crippen molar-refractivity contribution in [1.29, 1.82) is 0 Å². The molecule has 7 nitrogen and oxygen atoms in total. The van der Waals surface area contributed by atoms with E-state index in [2.05, 4.69) is 20.2 Å². The maximum Gasteiger partial charge on any atom is 0.241 e. The first kappa shape index (κ1) is 9.13. The molecule has 7 heteroatoms. The van der Waals surface area contributed by atoms with E-state index in [9.17, 15) is 4.79 Å². The summed E-state index contributed by atoms with van der Waals surface area (Å²) < 4.78 is 0. The molecule has 0 aliphatic heterocycles. The number of anilines is 1. The Bertz CT molecular complexity index is 543. The minimum Gasteiger partial charge on any atom is -0.383 e. The zero-order chi connectivity index (χ0) is 10.8. The summed E-state index contributed by atoms with van der Waals surface area (Å²) in [5.74, 6) is -0.244. The van der Waals surface area contributed by atoms with E-state index in [4.69, 9.17) is 11.5 Å². The molecule has 0 bridgehead atoms. The molecule has 2 aromatic rings. The highest BCUT2D eigenvalue weighted by atomic mass is 16.1. The number of H-pyrrole nitrogens is 1. The molecule has 0 fully saturated rings. The molecule has 0 saturated carbocycles. The number of carbonyl (C=O) groups excluding carboxylic acids is 1. The molecule has 0 aromatic carbocycles. The van der Waals surface area contributed by atoms with Gasteiger partial charge in [-0.05, 0) is 6.08 Å². The lowest BCUT2D eigenvalue weighted by molar-refractivity contribution is -0.113. The van der Waals surface area contributed by atoms with Crippen LogP contribution in [0.25, 0.3) is 17.1 Å². The largest absolute Gasteiger partial charge is 0.383 e. The molecular weight excluding hydrogens is 196 g/mol. The molecular formula is C8H8N6O. The van der Waals surface area contributed by atoms with Crippen molar-refractivity contribution >= 4 is 28.8 Å². The van der Waals surface area contributed by atoms with Crippen molar-refractivity contribution in [3.63, 3.8) is 0 Å². The minimum absolute atomic E-state index is 0.304. The van der Waals surface area contributed by atoms with Crippen molar-refractivity contribution in [1.82, 2.24) is 20.2 Å². The molecule has 0 aliphatic rings. The second kappa shape index (κ2) is 3.37. The number of nitrogens with zero attached hydrogens (tertiary/aromatic N) is 3. The van der Waals surface area contributed by atoms with Gasteiger partial charge in [0.2, 0.25) is 5.91 Å². The smallest absolute Gasteiger partial charge is 0.241 e. The Morgan fingerprint density at radius 2 is 2.27 bits per heavy atom. The van der Waals surface area contributed by atoms with Crippen LogP contribution in [-0.2, 0) is 4.79 Å². The van der Waals surface area contributed by atoms with Crippen LogP contribution < -0.4 is 11.5 Å². The van der Waals surface area contributed by atoms with Gasteiger partial charge in [0.15, 0.2) is 5.65 Å². The molecule has 0 saturated heterocycles. The van der Waals surface area contributed by atoms with Crippen LogP contribution in [0.4, 0.5) is 5.82 Å². The molecule has 76 valence electrons. The minimum atomic E-state index is -0.548. The molecule has 2 aromatic heterocycles. The fourth-order valence-electron chi connectivity index (χ4n) is 1.19. The van der Waals surface area contributed by atoms with E-state index < -0.39 is 5.91 Å². The van der Waals surface area contributed by atoms with Gasteiger partial charge in [0.25, 0.3) is 0 Å². The number of nitrogen functional groups attached to an aromatic ring is 1. The van der Waals surface area contributed by atoms with Crippen molar-refractivity contribution in [2.45, 2.75) is 0 Å². The van der Waals surface area contributed by atoms with Gasteiger partial charge in [-0.2, -0.15) is 5.10 Å². The Labute approximate surface area is 84.2 Å². The van der Waals surface area contributed by atoms with Gasteiger partial charge in [0.05, 0.1) is 11.1 Å². The van der Waals surface area contributed by atoms with Crippen LogP contribution in [0.2, 0.25) is 0 Å². The molecule has 0 spiro atoms. The van der Waals surface area contributed by atoms with Crippen molar-refractivity contribution < 1.29 is 4.79 Å². The summed E-state index contributed by atoms with van der Waals surface area (Å²) in [6.07, 6.45) is 4.01. The van der Waals surface area contributed by atoms with Crippen molar-refractivity contribution in [3.8, 4) is 0 Å². The third-order valence-electron chi connectivity index (χ3n) is 1.82. The van der Waals surface area contributed by atoms with Crippen LogP contribution in [0.1, 0.15) is 5.69 Å². The van der Waals surface area contributed by atoms with Crippen LogP contribution in [0, 0.1) is 0 Å². The van der Waals surface area contributed by atoms with E-state index in [1.165, 1.54) is 18.5 Å². The van der Waals surface area contributed by atoms with E-state index >= 15 is 0 Å². The highest BCUT2D eigenvalue weighted by Gasteiger charge is 2.07. The summed E-state index contributed by atoms with van der Waals surface area (Å²) in [5.41, 5.74) is 11.6. The first-order chi connectivity index (χ1) is 7.18. The first-order valence-electron chi connectivity index (χ1n) is 4.10. The van der Waals surface area contributed by atoms with Gasteiger partial charge >= 0.3 is 0 Å². The number of hydrogen-bond donors (Lipinski definition) is 3. The summed E-state index contributed by atoms with van der Waals surface area (Å²) in [7, 11) is 0. The van der Waals surface area contributed by atoms with Gasteiger partial charge in [-0.25, -0.2) is 9.97 Å². The Hall–Kier alpha value is -2.44. The van der Waals surface area contributed by atoms with Crippen LogP contribution in [0.5, 0.6) is 0 Å². The normalized spacial score (nSPS) is 11.2. The number of nitrogens with two attached hydrogens (primary N) is 2. The van der Waals surface area contributed by atoms with E-state index in [0.717, 1.165) is 0 Å². The third kappa shape index (κ3) is 1.62. The van der Waals surface area contributed by atoms with Crippen LogP contribution in [-0.4, -0.2) is 26.1 Å². The van der Waals surface area contributed by atoms with Crippen LogP contribution in [0.3, 0.4) is 0 Å². The highest BCUT2D eigenvalue weighted by Crippen LogP contribution is 2.19. The van der Waals surface area contributed by atoms with Crippen molar-refractivity contribution in [3.05, 3.63) is 18.1 Å². The number of hydrogen-bond acceptors (Lipinski definition) is 5. The number of aromatic nitrogens is 4. The number of nitrogens with one attached hydrogen (secondary N) is 1. The molecule has 0 radical (unpaired) electrons. The van der Waals surface area contributed by atoms with Gasteiger partial charge < -0.3 is 11.5 Å². The number of aromatic amines is 1. The summed E-state index contributed by atoms with van der Waals surface area (Å²) in [6.45, 7) is 0. The lowest BCUT2D eigenvalue weighted by Crippen LogP contribution is -2.05. The van der Waals surface area contributed by atoms with Gasteiger partial charge in [-0.15, -0.1) is 0 Å². The van der Waals surface area contributed by atoms with E-state index in [-0.39, 0.29) is 0 Å². The quantitative estimate of drug-likeness (QED) is 0.565. The lowest BCUT2D eigenvalue weighted by atomic mass is 10.2. The van der Waals surface area contributed by atoms with E-state index in [0.29, 0.717) is 22.5 Å². The summed E-state index contributed by atoms with van der Waals surface area (Å²) in [4.78, 5) is 18.3. The van der Waals surface area contributed by atoms with Crippen LogP contribution >= 0.6 is 0 Å². The molecule has 2 heterocycles. The Morgan fingerprint density at radius 1 is 1.47 bits per heavy atom. The zero-order valence-corrected chi connectivity index (χ0v) is 7.64. The molecule has 0 aliphatic carbocycles. The standard InChI is InChI=1S/C8H8N6O/c9-5(15)2-1-4-6-7(10)11-3-12-8(6)14-13-4/h1-3H,(H2,9,15)(H3,10,11,12,13,14). The molecule has 1 amide bonds. The van der Waals surface area contributed by atoms with Gasteiger partial charge in [0.1, 0.15) is 12.1 Å².